The van der Waals surface area contributed by atoms with Gasteiger partial charge in [0.2, 0.25) is 0 Å². The van der Waals surface area contributed by atoms with Crippen LogP contribution in [0.4, 0.5) is 0 Å². The van der Waals surface area contributed by atoms with E-state index in [0.717, 1.165) is 5.02 Å². The topological polar surface area (TPSA) is 0 Å². The Bertz CT molecular complexity index is 370. The maximum Gasteiger partial charge on any atom is 0.0782 e. The van der Waals surface area contributed by atoms with Crippen LogP contribution >= 0.6 is 11.6 Å². The summed E-state index contributed by atoms with van der Waals surface area (Å²) in [5, 5.41) is 0.833. The highest BCUT2D eigenvalue weighted by Gasteiger charge is 2.13. The lowest BCUT2D eigenvalue weighted by Gasteiger charge is -2.30. The van der Waals surface area contributed by atoms with Gasteiger partial charge in [-0.3, -0.25) is 0 Å². The van der Waals surface area contributed by atoms with E-state index in [-0.39, 0.29) is 0 Å². The van der Waals surface area contributed by atoms with Crippen molar-refractivity contribution in [1.82, 2.24) is 0 Å². The Morgan fingerprint density at radius 3 is 2.00 bits per heavy atom. The van der Waals surface area contributed by atoms with Gasteiger partial charge in [-0.15, -0.1) is 0 Å². The predicted molar refractivity (Wildman–Crippen MR) is 95.0 cm³/mol. The first-order chi connectivity index (χ1) is 10.0. The summed E-state index contributed by atoms with van der Waals surface area (Å²) >= 11 is 5.91. The third kappa shape index (κ3) is 9.16. The van der Waals surface area contributed by atoms with Gasteiger partial charge in [0.15, 0.2) is 0 Å². The van der Waals surface area contributed by atoms with Gasteiger partial charge in [0.05, 0.1) is 27.2 Å². The predicted octanol–water partition coefficient (Wildman–Crippen LogP) is 5.71. The van der Waals surface area contributed by atoms with Gasteiger partial charge >= 0.3 is 0 Å². The lowest BCUT2D eigenvalue weighted by Crippen LogP contribution is -2.41. The van der Waals surface area contributed by atoms with Crippen LogP contribution in [0, 0.1) is 0 Å². The van der Waals surface area contributed by atoms with Crippen LogP contribution in [0.2, 0.25) is 5.02 Å². The highest BCUT2D eigenvalue weighted by Crippen LogP contribution is 2.13. The lowest BCUT2D eigenvalue weighted by molar-refractivity contribution is -0.890. The summed E-state index contributed by atoms with van der Waals surface area (Å²) in [5.74, 6) is 0. The number of halogens is 1. The highest BCUT2D eigenvalue weighted by atomic mass is 35.5. The Labute approximate surface area is 136 Å². The van der Waals surface area contributed by atoms with Crippen LogP contribution in [0.5, 0.6) is 0 Å². The highest BCUT2D eigenvalue weighted by molar-refractivity contribution is 6.30. The summed E-state index contributed by atoms with van der Waals surface area (Å²) in [4.78, 5) is 0. The van der Waals surface area contributed by atoms with Gasteiger partial charge in [-0.1, -0.05) is 49.9 Å². The van der Waals surface area contributed by atoms with Crippen molar-refractivity contribution < 1.29 is 4.48 Å². The van der Waals surface area contributed by atoms with Crippen LogP contribution in [0.25, 0.3) is 0 Å². The largest absolute Gasteiger partial charge is 0.328 e. The molecule has 1 aromatic carbocycles. The van der Waals surface area contributed by atoms with E-state index >= 15 is 0 Å². The van der Waals surface area contributed by atoms with E-state index in [4.69, 9.17) is 11.6 Å². The molecular formula is C19H33ClN+. The van der Waals surface area contributed by atoms with Crippen molar-refractivity contribution in [2.24, 2.45) is 0 Å². The standard InChI is InChI=1S/C19H33ClN/c1-4-5-6-7-9-16-21(2,3)17-10-8-11-18-12-14-19(20)15-13-18/h12-15H,4-11,16-17H2,1-3H3/q+1. The zero-order valence-corrected chi connectivity index (χ0v) is 15.0. The summed E-state index contributed by atoms with van der Waals surface area (Å²) in [6.45, 7) is 4.90. The van der Waals surface area contributed by atoms with Crippen molar-refractivity contribution >= 4 is 11.6 Å². The molecule has 0 aliphatic heterocycles. The molecule has 0 unspecified atom stereocenters. The second-order valence-electron chi connectivity index (χ2n) is 6.88. The van der Waals surface area contributed by atoms with Gasteiger partial charge in [0.1, 0.15) is 0 Å². The first-order valence-corrected chi connectivity index (χ1v) is 8.98. The molecule has 1 nitrogen and oxygen atoms in total. The van der Waals surface area contributed by atoms with E-state index in [1.165, 1.54) is 74.5 Å². The van der Waals surface area contributed by atoms with Crippen LogP contribution in [-0.2, 0) is 6.42 Å². The molecule has 0 aromatic heterocycles. The van der Waals surface area contributed by atoms with Crippen LogP contribution in [-0.4, -0.2) is 31.7 Å². The number of quaternary nitrogens is 1. The van der Waals surface area contributed by atoms with E-state index < -0.39 is 0 Å². The van der Waals surface area contributed by atoms with E-state index in [0.29, 0.717) is 0 Å². The van der Waals surface area contributed by atoms with Gasteiger partial charge in [0, 0.05) is 5.02 Å². The molecule has 0 fully saturated rings. The summed E-state index contributed by atoms with van der Waals surface area (Å²) in [7, 11) is 4.75. The van der Waals surface area contributed by atoms with E-state index in [1.54, 1.807) is 0 Å². The molecule has 120 valence electrons. The van der Waals surface area contributed by atoms with Crippen molar-refractivity contribution in [3.8, 4) is 0 Å². The lowest BCUT2D eigenvalue weighted by atomic mass is 10.1. The summed E-state index contributed by atoms with van der Waals surface area (Å²) in [6.07, 6.45) is 10.7. The molecule has 0 radical (unpaired) electrons. The van der Waals surface area contributed by atoms with Crippen LogP contribution in [0.3, 0.4) is 0 Å². The fourth-order valence-corrected chi connectivity index (χ4v) is 2.90. The van der Waals surface area contributed by atoms with Crippen molar-refractivity contribution in [1.29, 1.82) is 0 Å². The molecule has 1 aromatic rings. The summed E-state index contributed by atoms with van der Waals surface area (Å²) < 4.78 is 1.17. The van der Waals surface area contributed by atoms with Crippen molar-refractivity contribution in [3.63, 3.8) is 0 Å². The minimum Gasteiger partial charge on any atom is -0.328 e. The fraction of sp³-hybridized carbons (Fsp3) is 0.684. The Hall–Kier alpha value is -0.530. The molecule has 0 aliphatic rings. The summed E-state index contributed by atoms with van der Waals surface area (Å²) in [5.41, 5.74) is 1.41. The Kier molecular flexibility index (Phi) is 9.03. The smallest absolute Gasteiger partial charge is 0.0782 e. The number of hydrogen-bond acceptors (Lipinski definition) is 0. The third-order valence-electron chi connectivity index (χ3n) is 4.26. The van der Waals surface area contributed by atoms with Crippen LogP contribution in [0.15, 0.2) is 24.3 Å². The number of unbranched alkanes of at least 4 members (excludes halogenated alkanes) is 5. The molecule has 0 atom stereocenters. The maximum absolute atomic E-state index is 5.91. The van der Waals surface area contributed by atoms with Gasteiger partial charge < -0.3 is 4.48 Å². The molecule has 0 saturated heterocycles. The van der Waals surface area contributed by atoms with Crippen molar-refractivity contribution in [2.75, 3.05) is 27.2 Å². The Balaban J connectivity index is 2.11. The zero-order valence-electron chi connectivity index (χ0n) is 14.2. The molecule has 0 N–H and O–H groups in total. The fourth-order valence-electron chi connectivity index (χ4n) is 2.78. The zero-order chi connectivity index (χ0) is 15.6. The normalized spacial score (nSPS) is 11.8. The van der Waals surface area contributed by atoms with E-state index in [2.05, 4.69) is 33.2 Å². The van der Waals surface area contributed by atoms with Crippen LogP contribution in [0.1, 0.15) is 57.4 Å². The molecular weight excluding hydrogens is 278 g/mol. The maximum atomic E-state index is 5.91. The van der Waals surface area contributed by atoms with Gasteiger partial charge in [-0.2, -0.15) is 0 Å². The number of benzene rings is 1. The second-order valence-corrected chi connectivity index (χ2v) is 7.32. The Morgan fingerprint density at radius 2 is 1.38 bits per heavy atom. The molecule has 0 amide bonds. The van der Waals surface area contributed by atoms with E-state index in [9.17, 15) is 0 Å². The van der Waals surface area contributed by atoms with Gasteiger partial charge in [-0.25, -0.2) is 0 Å². The molecule has 0 heterocycles. The quantitative estimate of drug-likeness (QED) is 0.363. The minimum atomic E-state index is 0.833. The molecule has 0 aliphatic carbocycles. The number of aryl methyl sites for hydroxylation is 1. The number of hydrogen-bond donors (Lipinski definition) is 0. The molecule has 0 saturated carbocycles. The second kappa shape index (κ2) is 10.2. The van der Waals surface area contributed by atoms with Crippen LogP contribution < -0.4 is 0 Å². The average molecular weight is 311 g/mol. The van der Waals surface area contributed by atoms with Crippen molar-refractivity contribution in [3.05, 3.63) is 34.9 Å². The third-order valence-corrected chi connectivity index (χ3v) is 4.51. The molecule has 0 bridgehead atoms. The van der Waals surface area contributed by atoms with Gasteiger partial charge in [0.25, 0.3) is 0 Å². The molecule has 1 rings (SSSR count). The first kappa shape index (κ1) is 18.5. The summed E-state index contributed by atoms with van der Waals surface area (Å²) in [6, 6.07) is 8.28. The van der Waals surface area contributed by atoms with Gasteiger partial charge in [-0.05, 0) is 49.8 Å². The SMILES string of the molecule is CCCCCCC[N+](C)(C)CCCCc1ccc(Cl)cc1. The number of nitrogens with zero attached hydrogens (tertiary/aromatic N) is 1. The molecule has 0 spiro atoms. The average Bonchev–Trinajstić information content (AvgIpc) is 2.45. The Morgan fingerprint density at radius 1 is 0.810 bits per heavy atom. The van der Waals surface area contributed by atoms with Crippen molar-refractivity contribution in [2.45, 2.75) is 58.3 Å². The molecule has 2 heteroatoms. The van der Waals surface area contributed by atoms with E-state index in [1.807, 2.05) is 12.1 Å². The monoisotopic (exact) mass is 310 g/mol. The number of rotatable bonds is 11. The first-order valence-electron chi connectivity index (χ1n) is 8.60. The minimum absolute atomic E-state index is 0.833. The molecule has 21 heavy (non-hydrogen) atoms.